The molecule has 1 aromatic heterocycles. The van der Waals surface area contributed by atoms with Gasteiger partial charge in [0.2, 0.25) is 6.29 Å². The number of imidazole rings is 1. The summed E-state index contributed by atoms with van der Waals surface area (Å²) in [6, 6.07) is 10.0. The Balaban J connectivity index is 1.59. The molecule has 152 valence electrons. The summed E-state index contributed by atoms with van der Waals surface area (Å²) in [5.41, 5.74) is 2.82. The van der Waals surface area contributed by atoms with E-state index < -0.39 is 18.0 Å². The average Bonchev–Trinajstić information content (AvgIpc) is 3.25. The maximum Gasteiger partial charge on any atom is 0.416 e. The first-order valence-corrected chi connectivity index (χ1v) is 9.41. The van der Waals surface area contributed by atoms with E-state index >= 15 is 0 Å². The molecule has 1 atom stereocenters. The number of fused-ring (bicyclic) bond motifs is 1. The van der Waals surface area contributed by atoms with E-state index in [1.165, 1.54) is 13.0 Å². The highest BCUT2D eigenvalue weighted by atomic mass is 19.4. The SMILES string of the molecule is CCC1=C(c2ccc3c(c2)ncn3C)OC(Cc2cccc(C(F)(F)F)c2C)O1. The molecule has 1 aliphatic heterocycles. The summed E-state index contributed by atoms with van der Waals surface area (Å²) in [4.78, 5) is 4.37. The second-order valence-electron chi connectivity index (χ2n) is 7.12. The van der Waals surface area contributed by atoms with Crippen molar-refractivity contribution in [3.8, 4) is 0 Å². The average molecular weight is 402 g/mol. The quantitative estimate of drug-likeness (QED) is 0.570. The van der Waals surface area contributed by atoms with E-state index in [2.05, 4.69) is 4.98 Å². The van der Waals surface area contributed by atoms with Crippen LogP contribution >= 0.6 is 0 Å². The largest absolute Gasteiger partial charge is 0.455 e. The second kappa shape index (κ2) is 7.13. The lowest BCUT2D eigenvalue weighted by Gasteiger charge is -2.17. The van der Waals surface area contributed by atoms with Crippen molar-refractivity contribution < 1.29 is 22.6 Å². The van der Waals surface area contributed by atoms with Gasteiger partial charge in [-0.1, -0.05) is 19.1 Å². The monoisotopic (exact) mass is 402 g/mol. The molecule has 0 amide bonds. The maximum atomic E-state index is 13.2. The molecule has 0 N–H and O–H groups in total. The fourth-order valence-electron chi connectivity index (χ4n) is 3.66. The Morgan fingerprint density at radius 1 is 1.14 bits per heavy atom. The minimum Gasteiger partial charge on any atom is -0.455 e. The third kappa shape index (κ3) is 3.57. The zero-order valence-electron chi connectivity index (χ0n) is 16.4. The van der Waals surface area contributed by atoms with Crippen molar-refractivity contribution in [3.63, 3.8) is 0 Å². The molecule has 0 fully saturated rings. The molecule has 3 aromatic rings. The minimum atomic E-state index is -4.38. The Morgan fingerprint density at radius 2 is 1.93 bits per heavy atom. The molecule has 0 bridgehead atoms. The third-order valence-corrected chi connectivity index (χ3v) is 5.22. The minimum absolute atomic E-state index is 0.202. The molecule has 1 unspecified atom stereocenters. The van der Waals surface area contributed by atoms with Gasteiger partial charge in [-0.3, -0.25) is 0 Å². The van der Waals surface area contributed by atoms with Gasteiger partial charge < -0.3 is 14.0 Å². The summed E-state index contributed by atoms with van der Waals surface area (Å²) >= 11 is 0. The molecule has 0 saturated carbocycles. The van der Waals surface area contributed by atoms with Crippen LogP contribution in [0.15, 0.2) is 48.5 Å². The Hall–Kier alpha value is -2.96. The molecule has 0 radical (unpaired) electrons. The predicted molar refractivity (Wildman–Crippen MR) is 104 cm³/mol. The molecule has 0 saturated heterocycles. The zero-order chi connectivity index (χ0) is 20.8. The molecule has 4 nitrogen and oxygen atoms in total. The Labute approximate surface area is 166 Å². The van der Waals surface area contributed by atoms with Crippen molar-refractivity contribution in [2.24, 2.45) is 7.05 Å². The van der Waals surface area contributed by atoms with Crippen molar-refractivity contribution in [2.75, 3.05) is 0 Å². The fourth-order valence-corrected chi connectivity index (χ4v) is 3.66. The maximum absolute atomic E-state index is 13.2. The van der Waals surface area contributed by atoms with Crippen molar-refractivity contribution in [3.05, 3.63) is 70.7 Å². The number of halogens is 3. The van der Waals surface area contributed by atoms with Crippen LogP contribution in [0, 0.1) is 6.92 Å². The number of alkyl halides is 3. The van der Waals surface area contributed by atoms with E-state index in [0.29, 0.717) is 23.5 Å². The first-order valence-electron chi connectivity index (χ1n) is 9.41. The zero-order valence-corrected chi connectivity index (χ0v) is 16.4. The standard InChI is InChI=1S/C22H21F3N2O2/c1-4-19-21(15-8-9-18-17(10-15)26-12-27(18)3)29-20(28-19)11-14-6-5-7-16(13(14)2)22(23,24)25/h5-10,12,20H,4,11H2,1-3H3. The number of rotatable bonds is 4. The molecule has 7 heteroatoms. The van der Waals surface area contributed by atoms with E-state index in [9.17, 15) is 13.2 Å². The van der Waals surface area contributed by atoms with Gasteiger partial charge in [-0.15, -0.1) is 0 Å². The number of aromatic nitrogens is 2. The van der Waals surface area contributed by atoms with Gasteiger partial charge >= 0.3 is 6.18 Å². The second-order valence-corrected chi connectivity index (χ2v) is 7.12. The van der Waals surface area contributed by atoms with E-state index in [4.69, 9.17) is 9.47 Å². The van der Waals surface area contributed by atoms with Crippen LogP contribution in [0.3, 0.4) is 0 Å². The van der Waals surface area contributed by atoms with E-state index in [0.717, 1.165) is 22.7 Å². The summed E-state index contributed by atoms with van der Waals surface area (Å²) < 4.78 is 53.5. The van der Waals surface area contributed by atoms with Gasteiger partial charge in [-0.05, 0) is 42.3 Å². The van der Waals surface area contributed by atoms with Crippen LogP contribution in [-0.2, 0) is 29.1 Å². The molecule has 0 spiro atoms. The number of nitrogens with zero attached hydrogens (tertiary/aromatic N) is 2. The van der Waals surface area contributed by atoms with Gasteiger partial charge in [0, 0.05) is 25.5 Å². The van der Waals surface area contributed by atoms with Crippen molar-refractivity contribution in [1.29, 1.82) is 0 Å². The first-order chi connectivity index (χ1) is 13.8. The number of ether oxygens (including phenoxy) is 2. The van der Waals surface area contributed by atoms with Gasteiger partial charge in [-0.2, -0.15) is 13.2 Å². The molecule has 4 rings (SSSR count). The van der Waals surface area contributed by atoms with Crippen LogP contribution in [0.1, 0.15) is 35.6 Å². The lowest BCUT2D eigenvalue weighted by Crippen LogP contribution is -2.16. The molecule has 2 heterocycles. The highest BCUT2D eigenvalue weighted by Crippen LogP contribution is 2.37. The number of benzene rings is 2. The van der Waals surface area contributed by atoms with Crippen LogP contribution in [-0.4, -0.2) is 15.8 Å². The first kappa shape index (κ1) is 19.4. The summed E-state index contributed by atoms with van der Waals surface area (Å²) in [5, 5.41) is 0. The molecular weight excluding hydrogens is 381 g/mol. The number of hydrogen-bond donors (Lipinski definition) is 0. The summed E-state index contributed by atoms with van der Waals surface area (Å²) in [6.45, 7) is 3.44. The Bertz CT molecular complexity index is 1100. The summed E-state index contributed by atoms with van der Waals surface area (Å²) in [5.74, 6) is 1.31. The lowest BCUT2D eigenvalue weighted by molar-refractivity contribution is -0.138. The lowest BCUT2D eigenvalue weighted by atomic mass is 9.99. The van der Waals surface area contributed by atoms with Crippen LogP contribution in [0.25, 0.3) is 16.8 Å². The number of hydrogen-bond acceptors (Lipinski definition) is 3. The van der Waals surface area contributed by atoms with Gasteiger partial charge in [-0.25, -0.2) is 4.98 Å². The molecule has 0 aliphatic carbocycles. The topological polar surface area (TPSA) is 36.3 Å². The van der Waals surface area contributed by atoms with E-state index in [1.54, 1.807) is 12.4 Å². The van der Waals surface area contributed by atoms with Gasteiger partial charge in [0.1, 0.15) is 5.76 Å². The van der Waals surface area contributed by atoms with Crippen LogP contribution in [0.2, 0.25) is 0 Å². The van der Waals surface area contributed by atoms with E-state index in [1.807, 2.05) is 36.7 Å². The molecule has 2 aromatic carbocycles. The highest BCUT2D eigenvalue weighted by molar-refractivity contribution is 5.80. The molecule has 29 heavy (non-hydrogen) atoms. The van der Waals surface area contributed by atoms with Gasteiger partial charge in [0.25, 0.3) is 0 Å². The fraction of sp³-hybridized carbons (Fsp3) is 0.318. The summed E-state index contributed by atoms with van der Waals surface area (Å²) in [6.07, 6.45) is -2.45. The highest BCUT2D eigenvalue weighted by Gasteiger charge is 2.34. The van der Waals surface area contributed by atoms with Gasteiger partial charge in [0.05, 0.1) is 22.9 Å². The normalized spacial score (nSPS) is 17.0. The van der Waals surface area contributed by atoms with Crippen LogP contribution in [0.5, 0.6) is 0 Å². The third-order valence-electron chi connectivity index (χ3n) is 5.22. The predicted octanol–water partition coefficient (Wildman–Crippen LogP) is 5.59. The number of allylic oxidation sites excluding steroid dienone is 1. The molecule has 1 aliphatic rings. The van der Waals surface area contributed by atoms with Gasteiger partial charge in [0.15, 0.2) is 5.76 Å². The Morgan fingerprint density at radius 3 is 2.66 bits per heavy atom. The number of aryl methyl sites for hydroxylation is 1. The van der Waals surface area contributed by atoms with Crippen molar-refractivity contribution >= 4 is 16.8 Å². The molecular formula is C22H21F3N2O2. The van der Waals surface area contributed by atoms with E-state index in [-0.39, 0.29) is 12.0 Å². The summed E-state index contributed by atoms with van der Waals surface area (Å²) in [7, 11) is 1.92. The Kier molecular flexibility index (Phi) is 4.76. The smallest absolute Gasteiger partial charge is 0.416 e. The van der Waals surface area contributed by atoms with Crippen molar-refractivity contribution in [2.45, 2.75) is 39.2 Å². The van der Waals surface area contributed by atoms with Crippen LogP contribution in [0.4, 0.5) is 13.2 Å². The van der Waals surface area contributed by atoms with Crippen LogP contribution < -0.4 is 0 Å². The van der Waals surface area contributed by atoms with Crippen molar-refractivity contribution in [1.82, 2.24) is 9.55 Å².